The van der Waals surface area contributed by atoms with Crippen molar-refractivity contribution in [2.75, 3.05) is 6.54 Å². The number of nitrogens with zero attached hydrogens (tertiary/aromatic N) is 3. The molecule has 0 saturated heterocycles. The summed E-state index contributed by atoms with van der Waals surface area (Å²) in [7, 11) is 0. The van der Waals surface area contributed by atoms with Gasteiger partial charge in [0.2, 0.25) is 5.28 Å². The summed E-state index contributed by atoms with van der Waals surface area (Å²) in [5.74, 6) is 0. The van der Waals surface area contributed by atoms with Gasteiger partial charge in [-0.3, -0.25) is 13.9 Å². The van der Waals surface area contributed by atoms with E-state index in [1.54, 1.807) is 0 Å². The summed E-state index contributed by atoms with van der Waals surface area (Å²) in [5, 5.41) is 10.7. The number of halogens is 1. The second-order valence-corrected chi connectivity index (χ2v) is 5.41. The van der Waals surface area contributed by atoms with E-state index in [1.807, 2.05) is 6.92 Å². The molecule has 3 N–H and O–H groups in total. The van der Waals surface area contributed by atoms with Crippen molar-refractivity contribution in [3.8, 4) is 0 Å². The van der Waals surface area contributed by atoms with Gasteiger partial charge in [-0.05, 0) is 18.0 Å². The zero-order chi connectivity index (χ0) is 17.0. The van der Waals surface area contributed by atoms with Gasteiger partial charge in [0.1, 0.15) is 0 Å². The highest BCUT2D eigenvalue weighted by Gasteiger charge is 2.16. The van der Waals surface area contributed by atoms with Crippen LogP contribution in [0.2, 0.25) is 5.28 Å². The smallest absolute Gasteiger partial charge is 0.404 e. The monoisotopic (exact) mass is 343 g/mol. The normalized spacial score (nSPS) is 11.0. The molecule has 23 heavy (non-hydrogen) atoms. The van der Waals surface area contributed by atoms with Crippen LogP contribution in [0.3, 0.4) is 0 Å². The van der Waals surface area contributed by atoms with E-state index < -0.39 is 17.3 Å². The molecular weight excluding hydrogens is 326 g/mol. The SMILES string of the molecule is CCCCCn1c(=O)n(CCNC(=O)O)c(=O)c2[nH]c(Cl)nc21. The molecule has 0 spiro atoms. The number of amides is 1. The number of imidazole rings is 1. The molecule has 0 saturated carbocycles. The lowest BCUT2D eigenvalue weighted by Crippen LogP contribution is -2.42. The quantitative estimate of drug-likeness (QED) is 0.511. The molecule has 0 aliphatic heterocycles. The number of rotatable bonds is 7. The number of aromatic amines is 1. The third kappa shape index (κ3) is 3.73. The molecular formula is C13H18ClN5O4. The van der Waals surface area contributed by atoms with Crippen LogP contribution in [0.1, 0.15) is 26.2 Å². The maximum absolute atomic E-state index is 12.5. The topological polar surface area (TPSA) is 122 Å². The first-order valence-electron chi connectivity index (χ1n) is 7.31. The summed E-state index contributed by atoms with van der Waals surface area (Å²) in [6.45, 7) is 2.34. The molecule has 1 amide bonds. The number of carboxylic acid groups (broad SMARTS) is 1. The molecule has 0 aliphatic rings. The Balaban J connectivity index is 2.47. The highest BCUT2D eigenvalue weighted by molar-refractivity contribution is 6.28. The minimum absolute atomic E-state index is 0.0298. The van der Waals surface area contributed by atoms with Crippen molar-refractivity contribution in [3.63, 3.8) is 0 Å². The van der Waals surface area contributed by atoms with Crippen molar-refractivity contribution in [2.45, 2.75) is 39.3 Å². The number of carbonyl (C=O) groups is 1. The molecule has 2 rings (SSSR count). The molecule has 0 fully saturated rings. The molecule has 2 aromatic rings. The van der Waals surface area contributed by atoms with Gasteiger partial charge in [0.05, 0.1) is 0 Å². The van der Waals surface area contributed by atoms with E-state index in [0.717, 1.165) is 23.8 Å². The van der Waals surface area contributed by atoms with Crippen molar-refractivity contribution >= 4 is 28.9 Å². The Hall–Kier alpha value is -2.29. The van der Waals surface area contributed by atoms with Gasteiger partial charge in [-0.2, -0.15) is 4.98 Å². The van der Waals surface area contributed by atoms with E-state index >= 15 is 0 Å². The number of H-pyrrole nitrogens is 1. The fourth-order valence-corrected chi connectivity index (χ4v) is 2.51. The molecule has 0 aliphatic carbocycles. The minimum atomic E-state index is -1.22. The summed E-state index contributed by atoms with van der Waals surface area (Å²) in [6.07, 6.45) is 1.47. The lowest BCUT2D eigenvalue weighted by Gasteiger charge is -2.11. The number of hydrogen-bond donors (Lipinski definition) is 3. The van der Waals surface area contributed by atoms with Gasteiger partial charge in [-0.1, -0.05) is 19.8 Å². The van der Waals surface area contributed by atoms with Crippen molar-refractivity contribution in [1.82, 2.24) is 24.4 Å². The first-order chi connectivity index (χ1) is 11.0. The van der Waals surface area contributed by atoms with E-state index in [0.29, 0.717) is 6.54 Å². The maximum atomic E-state index is 12.5. The minimum Gasteiger partial charge on any atom is -0.465 e. The average Bonchev–Trinajstić information content (AvgIpc) is 2.88. The summed E-state index contributed by atoms with van der Waals surface area (Å²) >= 11 is 5.82. The van der Waals surface area contributed by atoms with E-state index in [1.165, 1.54) is 4.57 Å². The zero-order valence-corrected chi connectivity index (χ0v) is 13.4. The summed E-state index contributed by atoms with van der Waals surface area (Å²) in [6, 6.07) is 0. The third-order valence-corrected chi connectivity index (χ3v) is 3.61. The average molecular weight is 344 g/mol. The van der Waals surface area contributed by atoms with Crippen LogP contribution in [0.25, 0.3) is 11.2 Å². The van der Waals surface area contributed by atoms with Crippen molar-refractivity contribution in [2.24, 2.45) is 0 Å². The number of nitrogens with one attached hydrogen (secondary N) is 2. The Morgan fingerprint density at radius 3 is 2.70 bits per heavy atom. The Morgan fingerprint density at radius 2 is 2.04 bits per heavy atom. The second-order valence-electron chi connectivity index (χ2n) is 5.06. The predicted octanol–water partition coefficient (Wildman–Crippen LogP) is 0.997. The number of aryl methyl sites for hydroxylation is 1. The van der Waals surface area contributed by atoms with E-state index in [-0.39, 0.29) is 29.5 Å². The van der Waals surface area contributed by atoms with E-state index in [9.17, 15) is 14.4 Å². The van der Waals surface area contributed by atoms with Gasteiger partial charge >= 0.3 is 11.8 Å². The molecule has 0 radical (unpaired) electrons. The number of hydrogen-bond acceptors (Lipinski definition) is 4. The summed E-state index contributed by atoms with van der Waals surface area (Å²) in [4.78, 5) is 42.1. The lowest BCUT2D eigenvalue weighted by atomic mass is 10.2. The molecule has 2 aromatic heterocycles. The number of fused-ring (bicyclic) bond motifs is 1. The van der Waals surface area contributed by atoms with Crippen LogP contribution in [0, 0.1) is 0 Å². The molecule has 126 valence electrons. The Bertz CT molecular complexity index is 822. The fourth-order valence-electron chi connectivity index (χ4n) is 2.33. The van der Waals surface area contributed by atoms with Crippen LogP contribution in [0.15, 0.2) is 9.59 Å². The Morgan fingerprint density at radius 1 is 1.30 bits per heavy atom. The highest BCUT2D eigenvalue weighted by atomic mass is 35.5. The summed E-state index contributed by atoms with van der Waals surface area (Å²) in [5.41, 5.74) is -0.720. The molecule has 0 unspecified atom stereocenters. The van der Waals surface area contributed by atoms with Gasteiger partial charge < -0.3 is 15.4 Å². The first kappa shape index (κ1) is 17.1. The third-order valence-electron chi connectivity index (χ3n) is 3.43. The van der Waals surface area contributed by atoms with Crippen LogP contribution >= 0.6 is 11.6 Å². The van der Waals surface area contributed by atoms with Gasteiger partial charge in [0.15, 0.2) is 11.2 Å². The molecule has 0 atom stereocenters. The molecule has 9 nitrogen and oxygen atoms in total. The van der Waals surface area contributed by atoms with Crippen LogP contribution < -0.4 is 16.6 Å². The van der Waals surface area contributed by atoms with E-state index in [2.05, 4.69) is 15.3 Å². The van der Waals surface area contributed by atoms with Gasteiger partial charge in [-0.15, -0.1) is 0 Å². The number of aromatic nitrogens is 4. The summed E-state index contributed by atoms with van der Waals surface area (Å²) < 4.78 is 2.38. The number of unbranched alkanes of at least 4 members (excludes halogenated alkanes) is 2. The standard InChI is InChI=1S/C13H18ClN5O4/c1-2-3-4-6-18-9-8(16-11(14)17-9)10(20)19(13(18)23)7-5-15-12(21)22/h15H,2-7H2,1H3,(H,16,17)(H,21,22). The lowest BCUT2D eigenvalue weighted by molar-refractivity contribution is 0.194. The van der Waals surface area contributed by atoms with Crippen LogP contribution in [0.5, 0.6) is 0 Å². The molecule has 2 heterocycles. The fraction of sp³-hybridized carbons (Fsp3) is 0.538. The second kappa shape index (κ2) is 7.32. The first-order valence-corrected chi connectivity index (χ1v) is 7.69. The van der Waals surface area contributed by atoms with Gasteiger partial charge in [0, 0.05) is 19.6 Å². The van der Waals surface area contributed by atoms with Gasteiger partial charge in [0.25, 0.3) is 5.56 Å². The molecule has 0 aromatic carbocycles. The molecule has 10 heteroatoms. The van der Waals surface area contributed by atoms with E-state index in [4.69, 9.17) is 16.7 Å². The molecule has 0 bridgehead atoms. The van der Waals surface area contributed by atoms with Crippen LogP contribution in [-0.4, -0.2) is 36.8 Å². The zero-order valence-electron chi connectivity index (χ0n) is 12.6. The Kier molecular flexibility index (Phi) is 5.43. The maximum Gasteiger partial charge on any atom is 0.404 e. The van der Waals surface area contributed by atoms with Crippen molar-refractivity contribution in [3.05, 3.63) is 26.1 Å². The van der Waals surface area contributed by atoms with Crippen molar-refractivity contribution < 1.29 is 9.90 Å². The largest absolute Gasteiger partial charge is 0.465 e. The van der Waals surface area contributed by atoms with Crippen LogP contribution in [-0.2, 0) is 13.1 Å². The van der Waals surface area contributed by atoms with Gasteiger partial charge in [-0.25, -0.2) is 9.59 Å². The highest BCUT2D eigenvalue weighted by Crippen LogP contribution is 2.10. The predicted molar refractivity (Wildman–Crippen MR) is 85.2 cm³/mol. The van der Waals surface area contributed by atoms with Crippen LogP contribution in [0.4, 0.5) is 4.79 Å². The Labute approximate surface area is 135 Å². The van der Waals surface area contributed by atoms with Crippen molar-refractivity contribution in [1.29, 1.82) is 0 Å².